The highest BCUT2D eigenvalue weighted by molar-refractivity contribution is 6.13. The number of para-hydroxylation sites is 6. The van der Waals surface area contributed by atoms with E-state index in [1.165, 1.54) is 0 Å². The third-order valence-electron chi connectivity index (χ3n) is 10.4. The fourth-order valence-electron chi connectivity index (χ4n) is 7.93. The molecule has 4 aromatic heterocycles. The Morgan fingerprint density at radius 2 is 0.759 bits per heavy atom. The Balaban J connectivity index is 1.28. The molecule has 0 aliphatic rings. The van der Waals surface area contributed by atoms with Gasteiger partial charge in [-0.1, -0.05) is 109 Å². The van der Waals surface area contributed by atoms with Crippen molar-refractivity contribution in [3.63, 3.8) is 0 Å². The summed E-state index contributed by atoms with van der Waals surface area (Å²) in [5.41, 5.74) is 11.1. The maximum absolute atomic E-state index is 6.69. The minimum atomic E-state index is 0.806. The summed E-state index contributed by atoms with van der Waals surface area (Å²) in [7, 11) is 0. The van der Waals surface area contributed by atoms with Crippen LogP contribution < -0.4 is 0 Å². The molecular weight excluding hydrogens is 665 g/mol. The minimum absolute atomic E-state index is 0.806. The molecule has 0 bridgehead atoms. The van der Waals surface area contributed by atoms with Crippen molar-refractivity contribution < 1.29 is 8.83 Å². The molecule has 6 heteroatoms. The number of aromatic nitrogens is 4. The maximum atomic E-state index is 6.69. The molecule has 4 heterocycles. The fourth-order valence-corrected chi connectivity index (χ4v) is 7.93. The summed E-state index contributed by atoms with van der Waals surface area (Å²) in [5.74, 6) is 1.61. The number of rotatable bonds is 6. The molecule has 0 atom stereocenters. The second kappa shape index (κ2) is 12.1. The van der Waals surface area contributed by atoms with E-state index in [9.17, 15) is 0 Å². The van der Waals surface area contributed by atoms with Crippen LogP contribution >= 0.6 is 0 Å². The summed E-state index contributed by atoms with van der Waals surface area (Å²) in [5, 5.41) is 4.28. The molecule has 6 nitrogen and oxygen atoms in total. The van der Waals surface area contributed by atoms with E-state index in [-0.39, 0.29) is 0 Å². The van der Waals surface area contributed by atoms with Crippen molar-refractivity contribution in [2.75, 3.05) is 0 Å². The highest BCUT2D eigenvalue weighted by atomic mass is 16.3. The number of fused-ring (bicyclic) bond motifs is 6. The van der Waals surface area contributed by atoms with Crippen molar-refractivity contribution in [2.24, 2.45) is 0 Å². The average Bonchev–Trinajstić information content (AvgIpc) is 4.06. The highest BCUT2D eigenvalue weighted by Crippen LogP contribution is 2.47. The van der Waals surface area contributed by atoms with Gasteiger partial charge in [-0.3, -0.25) is 9.13 Å². The van der Waals surface area contributed by atoms with Gasteiger partial charge in [0.25, 0.3) is 0 Å². The van der Waals surface area contributed by atoms with Crippen LogP contribution in [0.4, 0.5) is 0 Å². The zero-order valence-electron chi connectivity index (χ0n) is 28.9. The molecule has 254 valence electrons. The third kappa shape index (κ3) is 4.67. The minimum Gasteiger partial charge on any atom is -0.455 e. The molecule has 0 aliphatic carbocycles. The van der Waals surface area contributed by atoms with Crippen molar-refractivity contribution in [3.8, 4) is 56.4 Å². The first-order valence-corrected chi connectivity index (χ1v) is 18.0. The monoisotopic (exact) mass is 694 g/mol. The van der Waals surface area contributed by atoms with Crippen LogP contribution in [0.15, 0.2) is 191 Å². The lowest BCUT2D eigenvalue weighted by Gasteiger charge is -2.19. The molecule has 0 N–H and O–H groups in total. The molecule has 0 fully saturated rings. The molecule has 11 aromatic rings. The van der Waals surface area contributed by atoms with Gasteiger partial charge in [-0.05, 0) is 59.7 Å². The SMILES string of the molecule is c1ccc(-n2ccnc2-c2cc(-c3cccc4c3oc3ccccc34)c(-c3nccn3-c3ccccc3)cc2-c2cccc3c2oc2ccccc23)cc1. The Labute approximate surface area is 309 Å². The molecule has 11 rings (SSSR count). The van der Waals surface area contributed by atoms with E-state index >= 15 is 0 Å². The smallest absolute Gasteiger partial charge is 0.145 e. The van der Waals surface area contributed by atoms with Gasteiger partial charge in [0.2, 0.25) is 0 Å². The molecule has 0 spiro atoms. The van der Waals surface area contributed by atoms with Crippen molar-refractivity contribution >= 4 is 43.9 Å². The van der Waals surface area contributed by atoms with Crippen molar-refractivity contribution in [1.29, 1.82) is 0 Å². The van der Waals surface area contributed by atoms with Gasteiger partial charge in [0.15, 0.2) is 0 Å². The molecule has 0 saturated carbocycles. The van der Waals surface area contributed by atoms with Crippen LogP contribution in [0, 0.1) is 0 Å². The molecule has 0 amide bonds. The number of nitrogens with zero attached hydrogens (tertiary/aromatic N) is 4. The van der Waals surface area contributed by atoms with Gasteiger partial charge < -0.3 is 8.83 Å². The van der Waals surface area contributed by atoms with Crippen molar-refractivity contribution in [2.45, 2.75) is 0 Å². The molecule has 7 aromatic carbocycles. The normalized spacial score (nSPS) is 11.7. The zero-order chi connectivity index (χ0) is 35.6. The van der Waals surface area contributed by atoms with E-state index in [1.54, 1.807) is 0 Å². The Morgan fingerprint density at radius 1 is 0.352 bits per heavy atom. The number of imidazole rings is 2. The number of hydrogen-bond acceptors (Lipinski definition) is 4. The summed E-state index contributed by atoms with van der Waals surface area (Å²) >= 11 is 0. The summed E-state index contributed by atoms with van der Waals surface area (Å²) < 4.78 is 17.7. The summed E-state index contributed by atoms with van der Waals surface area (Å²) in [4.78, 5) is 10.1. The van der Waals surface area contributed by atoms with E-state index in [0.29, 0.717) is 0 Å². The van der Waals surface area contributed by atoms with E-state index in [1.807, 2.05) is 61.2 Å². The first-order valence-electron chi connectivity index (χ1n) is 18.0. The van der Waals surface area contributed by atoms with Gasteiger partial charge in [0.1, 0.15) is 34.0 Å². The molecule has 0 aliphatic heterocycles. The molecule has 54 heavy (non-hydrogen) atoms. The third-order valence-corrected chi connectivity index (χ3v) is 10.4. The number of furan rings is 2. The lowest BCUT2D eigenvalue weighted by atomic mass is 9.88. The maximum Gasteiger partial charge on any atom is 0.145 e. The van der Waals surface area contributed by atoms with Crippen LogP contribution in [0.5, 0.6) is 0 Å². The summed E-state index contributed by atoms with van der Waals surface area (Å²) in [6.45, 7) is 0. The lowest BCUT2D eigenvalue weighted by Crippen LogP contribution is -2.02. The Hall–Kier alpha value is -7.44. The number of benzene rings is 7. The largest absolute Gasteiger partial charge is 0.455 e. The van der Waals surface area contributed by atoms with Gasteiger partial charge in [-0.25, -0.2) is 9.97 Å². The average molecular weight is 695 g/mol. The van der Waals surface area contributed by atoms with Crippen LogP contribution in [-0.2, 0) is 0 Å². The van der Waals surface area contributed by atoms with E-state index < -0.39 is 0 Å². The summed E-state index contributed by atoms with van der Waals surface area (Å²) in [6, 6.07) is 54.4. The Bertz CT molecular complexity index is 2950. The zero-order valence-corrected chi connectivity index (χ0v) is 28.9. The van der Waals surface area contributed by atoms with E-state index in [4.69, 9.17) is 18.8 Å². The number of hydrogen-bond donors (Lipinski definition) is 0. The standard InChI is InChI=1S/C48H30N4O2/c1-3-13-31(14-4-1)51-27-25-49-47(51)41-29-40(38-22-12-20-36-34-18-8-10-24-44(34)54-46(36)38)42(48-50-26-28-52(48)32-15-5-2-6-16-32)30-39(41)37-21-11-19-35-33-17-7-9-23-43(33)53-45(35)37/h1-30H. The molecule has 0 unspecified atom stereocenters. The fraction of sp³-hybridized carbons (Fsp3) is 0. The van der Waals surface area contributed by atoms with Gasteiger partial charge in [0, 0.05) is 80.0 Å². The molecule has 0 saturated heterocycles. The Morgan fingerprint density at radius 3 is 1.22 bits per heavy atom. The topological polar surface area (TPSA) is 61.9 Å². The first kappa shape index (κ1) is 30.2. The van der Waals surface area contributed by atoms with Crippen LogP contribution in [-0.4, -0.2) is 19.1 Å². The van der Waals surface area contributed by atoms with E-state index in [2.05, 4.69) is 130 Å². The van der Waals surface area contributed by atoms with E-state index in [0.717, 1.165) is 100 Å². The predicted molar refractivity (Wildman–Crippen MR) is 217 cm³/mol. The first-order chi connectivity index (χ1) is 26.8. The van der Waals surface area contributed by atoms with Crippen LogP contribution in [0.25, 0.3) is 100 Å². The van der Waals surface area contributed by atoms with Gasteiger partial charge in [-0.2, -0.15) is 0 Å². The second-order valence-corrected chi connectivity index (χ2v) is 13.4. The van der Waals surface area contributed by atoms with Crippen molar-refractivity contribution in [1.82, 2.24) is 19.1 Å². The van der Waals surface area contributed by atoms with Crippen LogP contribution in [0.1, 0.15) is 0 Å². The van der Waals surface area contributed by atoms with Gasteiger partial charge in [-0.15, -0.1) is 0 Å². The molecular formula is C48H30N4O2. The van der Waals surface area contributed by atoms with Crippen LogP contribution in [0.3, 0.4) is 0 Å². The quantitative estimate of drug-likeness (QED) is 0.174. The molecule has 0 radical (unpaired) electrons. The summed E-state index contributed by atoms with van der Waals surface area (Å²) in [6.07, 6.45) is 7.77. The lowest BCUT2D eigenvalue weighted by molar-refractivity contribution is 0.669. The van der Waals surface area contributed by atoms with Gasteiger partial charge >= 0.3 is 0 Å². The predicted octanol–water partition coefficient (Wildman–Crippen LogP) is 12.5. The Kier molecular flexibility index (Phi) is 6.75. The second-order valence-electron chi connectivity index (χ2n) is 13.4. The van der Waals surface area contributed by atoms with Crippen LogP contribution in [0.2, 0.25) is 0 Å². The van der Waals surface area contributed by atoms with Gasteiger partial charge in [0.05, 0.1) is 0 Å². The van der Waals surface area contributed by atoms with Crippen molar-refractivity contribution in [3.05, 3.63) is 183 Å². The highest BCUT2D eigenvalue weighted by Gasteiger charge is 2.25.